The van der Waals surface area contributed by atoms with Crippen molar-refractivity contribution >= 4 is 34.0 Å². The molecule has 0 radical (unpaired) electrons. The van der Waals surface area contributed by atoms with E-state index in [1.54, 1.807) is 25.1 Å². The number of carbonyl (C=O) groups excluding carboxylic acids is 1. The van der Waals surface area contributed by atoms with Gasteiger partial charge in [0.2, 0.25) is 0 Å². The smallest absolute Gasteiger partial charge is 0.341 e. The van der Waals surface area contributed by atoms with Gasteiger partial charge in [-0.2, -0.15) is 0 Å². The van der Waals surface area contributed by atoms with E-state index >= 15 is 0 Å². The molecule has 2 N–H and O–H groups in total. The van der Waals surface area contributed by atoms with Gasteiger partial charge in [0.25, 0.3) is 0 Å². The maximum atomic E-state index is 12.4. The molecule has 0 aliphatic heterocycles. The lowest BCUT2D eigenvalue weighted by Gasteiger charge is -2.13. The van der Waals surface area contributed by atoms with Crippen LogP contribution in [-0.2, 0) is 11.3 Å². The molecule has 0 fully saturated rings. The molecule has 0 aliphatic carbocycles. The summed E-state index contributed by atoms with van der Waals surface area (Å²) in [4.78, 5) is 16.6. The normalized spacial score (nSPS) is 10.5. The van der Waals surface area contributed by atoms with Crippen molar-refractivity contribution in [2.45, 2.75) is 13.5 Å². The number of esters is 1. The highest BCUT2D eigenvalue weighted by atomic mass is 35.5. The minimum atomic E-state index is -0.452. The molecule has 1 aromatic heterocycles. The Labute approximate surface area is 160 Å². The van der Waals surface area contributed by atoms with Gasteiger partial charge in [-0.1, -0.05) is 29.8 Å². The van der Waals surface area contributed by atoms with Crippen LogP contribution in [0, 0.1) is 0 Å². The average Bonchev–Trinajstić information content (AvgIpc) is 3.07. The molecule has 0 unspecified atom stereocenters. The Balaban J connectivity index is 1.90. The van der Waals surface area contributed by atoms with Crippen LogP contribution in [0.4, 0.5) is 5.13 Å². The first-order chi connectivity index (χ1) is 12.6. The fourth-order valence-electron chi connectivity index (χ4n) is 2.37. The maximum absolute atomic E-state index is 12.4. The second-order valence-corrected chi connectivity index (χ2v) is 6.68. The number of aromatic nitrogens is 1. The Morgan fingerprint density at radius 1 is 1.27 bits per heavy atom. The summed E-state index contributed by atoms with van der Waals surface area (Å²) in [5.41, 5.74) is 8.34. The predicted octanol–water partition coefficient (Wildman–Crippen LogP) is 4.80. The molecular formula is C19H17ClN2O3S. The maximum Gasteiger partial charge on any atom is 0.341 e. The molecule has 26 heavy (non-hydrogen) atoms. The third-order valence-corrected chi connectivity index (χ3v) is 4.68. The Hall–Kier alpha value is -2.57. The zero-order valence-corrected chi connectivity index (χ0v) is 15.6. The average molecular weight is 389 g/mol. The number of nitrogens with zero attached hydrogens (tertiary/aromatic N) is 1. The third-order valence-electron chi connectivity index (χ3n) is 3.63. The summed E-state index contributed by atoms with van der Waals surface area (Å²) in [7, 11) is 0. The van der Waals surface area contributed by atoms with Crippen LogP contribution in [0.2, 0.25) is 5.02 Å². The molecule has 0 bridgehead atoms. The van der Waals surface area contributed by atoms with Crippen molar-refractivity contribution in [3.63, 3.8) is 0 Å². The van der Waals surface area contributed by atoms with Crippen molar-refractivity contribution in [1.29, 1.82) is 0 Å². The minimum absolute atomic E-state index is 0.245. The van der Waals surface area contributed by atoms with Gasteiger partial charge in [0.1, 0.15) is 17.9 Å². The largest absolute Gasteiger partial charge is 0.488 e. The Kier molecular flexibility index (Phi) is 5.75. The summed E-state index contributed by atoms with van der Waals surface area (Å²) in [6.07, 6.45) is 0. The molecule has 0 aliphatic rings. The van der Waals surface area contributed by atoms with Crippen molar-refractivity contribution < 1.29 is 14.3 Å². The molecule has 3 rings (SSSR count). The van der Waals surface area contributed by atoms with Crippen molar-refractivity contribution in [3.05, 3.63) is 64.0 Å². The van der Waals surface area contributed by atoms with Crippen molar-refractivity contribution in [2.24, 2.45) is 0 Å². The van der Waals surface area contributed by atoms with Crippen molar-refractivity contribution in [3.8, 4) is 17.0 Å². The molecular weight excluding hydrogens is 372 g/mol. The van der Waals surface area contributed by atoms with E-state index in [0.29, 0.717) is 27.2 Å². The van der Waals surface area contributed by atoms with Gasteiger partial charge in [-0.3, -0.25) is 0 Å². The van der Waals surface area contributed by atoms with Gasteiger partial charge >= 0.3 is 5.97 Å². The number of hydrogen-bond donors (Lipinski definition) is 1. The zero-order chi connectivity index (χ0) is 18.5. The van der Waals surface area contributed by atoms with Crippen LogP contribution in [-0.4, -0.2) is 17.6 Å². The molecule has 5 nitrogen and oxygen atoms in total. The highest BCUT2D eigenvalue weighted by Crippen LogP contribution is 2.30. The molecule has 0 saturated carbocycles. The van der Waals surface area contributed by atoms with E-state index in [4.69, 9.17) is 26.8 Å². The van der Waals surface area contributed by atoms with E-state index in [1.807, 2.05) is 29.6 Å². The molecule has 1 heterocycles. The number of carbonyl (C=O) groups is 1. The van der Waals surface area contributed by atoms with E-state index in [9.17, 15) is 4.79 Å². The number of halogens is 1. The van der Waals surface area contributed by atoms with Crippen LogP contribution >= 0.6 is 22.9 Å². The zero-order valence-electron chi connectivity index (χ0n) is 14.1. The first-order valence-electron chi connectivity index (χ1n) is 7.97. The van der Waals surface area contributed by atoms with E-state index in [-0.39, 0.29) is 13.2 Å². The second kappa shape index (κ2) is 8.21. The Bertz CT molecular complexity index is 927. The molecule has 3 aromatic rings. The molecule has 0 spiro atoms. The van der Waals surface area contributed by atoms with Crippen LogP contribution < -0.4 is 10.5 Å². The Morgan fingerprint density at radius 3 is 2.77 bits per heavy atom. The first-order valence-corrected chi connectivity index (χ1v) is 9.23. The van der Waals surface area contributed by atoms with Crippen LogP contribution in [0.3, 0.4) is 0 Å². The first kappa shape index (κ1) is 18.2. The van der Waals surface area contributed by atoms with Gasteiger partial charge in [-0.05, 0) is 31.2 Å². The predicted molar refractivity (Wildman–Crippen MR) is 104 cm³/mol. The van der Waals surface area contributed by atoms with Gasteiger partial charge in [-0.15, -0.1) is 11.3 Å². The van der Waals surface area contributed by atoms with Gasteiger partial charge < -0.3 is 15.2 Å². The highest BCUT2D eigenvalue weighted by Gasteiger charge is 2.17. The molecule has 0 saturated heterocycles. The number of rotatable bonds is 6. The van der Waals surface area contributed by atoms with Gasteiger partial charge in [-0.25, -0.2) is 9.78 Å². The summed E-state index contributed by atoms with van der Waals surface area (Å²) >= 11 is 7.50. The van der Waals surface area contributed by atoms with Crippen LogP contribution in [0.15, 0.2) is 47.8 Å². The summed E-state index contributed by atoms with van der Waals surface area (Å²) < 4.78 is 11.0. The lowest BCUT2D eigenvalue weighted by molar-refractivity contribution is 0.0521. The van der Waals surface area contributed by atoms with E-state index in [2.05, 4.69) is 4.98 Å². The number of ether oxygens (including phenoxy) is 2. The lowest BCUT2D eigenvalue weighted by atomic mass is 10.1. The quantitative estimate of drug-likeness (QED) is 0.614. The van der Waals surface area contributed by atoms with Crippen LogP contribution in [0.25, 0.3) is 11.3 Å². The van der Waals surface area contributed by atoms with Gasteiger partial charge in [0.05, 0.1) is 12.3 Å². The number of anilines is 1. The fourth-order valence-corrected chi connectivity index (χ4v) is 3.14. The second-order valence-electron chi connectivity index (χ2n) is 5.38. The fraction of sp³-hybridized carbons (Fsp3) is 0.158. The lowest BCUT2D eigenvalue weighted by Crippen LogP contribution is -2.08. The molecule has 7 heteroatoms. The SMILES string of the molecule is CCOC(=O)c1cc(-c2csc(N)n2)ccc1OCc1ccccc1Cl. The minimum Gasteiger partial charge on any atom is -0.488 e. The monoisotopic (exact) mass is 388 g/mol. The third kappa shape index (κ3) is 4.15. The van der Waals surface area contributed by atoms with E-state index < -0.39 is 5.97 Å². The van der Waals surface area contributed by atoms with Gasteiger partial charge in [0, 0.05) is 21.5 Å². The molecule has 0 atom stereocenters. The van der Waals surface area contributed by atoms with Crippen LogP contribution in [0.5, 0.6) is 5.75 Å². The van der Waals surface area contributed by atoms with E-state index in [1.165, 1.54) is 11.3 Å². The summed E-state index contributed by atoms with van der Waals surface area (Å²) in [5.74, 6) is -0.0259. The highest BCUT2D eigenvalue weighted by molar-refractivity contribution is 7.13. The molecule has 134 valence electrons. The summed E-state index contributed by atoms with van der Waals surface area (Å²) in [5, 5.41) is 2.92. The van der Waals surface area contributed by atoms with Crippen LogP contribution in [0.1, 0.15) is 22.8 Å². The number of benzene rings is 2. The number of nitrogens with two attached hydrogens (primary N) is 1. The number of hydrogen-bond acceptors (Lipinski definition) is 6. The number of thiazole rings is 1. The standard InChI is InChI=1S/C19H17ClN2O3S/c1-2-24-18(23)14-9-12(16-11-26-19(21)22-16)7-8-17(14)25-10-13-5-3-4-6-15(13)20/h3-9,11H,2,10H2,1H3,(H2,21,22). The van der Waals surface area contributed by atoms with Crippen molar-refractivity contribution in [1.82, 2.24) is 4.98 Å². The topological polar surface area (TPSA) is 74.4 Å². The van der Waals surface area contributed by atoms with Crippen molar-refractivity contribution in [2.75, 3.05) is 12.3 Å². The molecule has 2 aromatic carbocycles. The number of nitrogen functional groups attached to an aromatic ring is 1. The summed E-state index contributed by atoms with van der Waals surface area (Å²) in [6, 6.07) is 12.7. The van der Waals surface area contributed by atoms with Gasteiger partial charge in [0.15, 0.2) is 5.13 Å². The molecule has 0 amide bonds. The Morgan fingerprint density at radius 2 is 2.08 bits per heavy atom. The van der Waals surface area contributed by atoms with E-state index in [0.717, 1.165) is 11.1 Å². The summed E-state index contributed by atoms with van der Waals surface area (Å²) in [6.45, 7) is 2.28.